The van der Waals surface area contributed by atoms with Crippen molar-refractivity contribution in [2.45, 2.75) is 24.9 Å². The first-order valence-corrected chi connectivity index (χ1v) is 12.5. The first-order chi connectivity index (χ1) is 17.8. The summed E-state index contributed by atoms with van der Waals surface area (Å²) in [5.41, 5.74) is 9.57. The number of allylic oxidation sites excluding steroid dienone is 4. The Labute approximate surface area is 211 Å². The van der Waals surface area contributed by atoms with E-state index in [2.05, 4.69) is 108 Å². The van der Waals surface area contributed by atoms with Crippen LogP contribution in [-0.4, -0.2) is 5.97 Å². The molecule has 0 radical (unpaired) electrons. The van der Waals surface area contributed by atoms with E-state index in [0.717, 1.165) is 35.5 Å². The number of nitrogens with zero attached hydrogens (tertiary/aromatic N) is 1. The van der Waals surface area contributed by atoms with E-state index < -0.39 is 5.41 Å². The van der Waals surface area contributed by atoms with Gasteiger partial charge < -0.3 is 9.64 Å². The quantitative estimate of drug-likeness (QED) is 0.289. The van der Waals surface area contributed by atoms with Crippen molar-refractivity contribution >= 4 is 23.0 Å². The van der Waals surface area contributed by atoms with Gasteiger partial charge >= 0.3 is 5.97 Å². The number of esters is 1. The molecule has 0 amide bonds. The van der Waals surface area contributed by atoms with Gasteiger partial charge in [-0.05, 0) is 53.8 Å². The second kappa shape index (κ2) is 8.10. The van der Waals surface area contributed by atoms with Crippen LogP contribution in [-0.2, 0) is 16.8 Å². The van der Waals surface area contributed by atoms with Crippen LogP contribution in [0.25, 0.3) is 0 Å². The van der Waals surface area contributed by atoms with Gasteiger partial charge in [0.05, 0.1) is 22.4 Å². The van der Waals surface area contributed by atoms with Gasteiger partial charge in [0.25, 0.3) is 0 Å². The van der Waals surface area contributed by atoms with Crippen molar-refractivity contribution in [1.29, 1.82) is 0 Å². The van der Waals surface area contributed by atoms with Gasteiger partial charge in [-0.15, -0.1) is 0 Å². The molecule has 3 heteroatoms. The number of carbonyl (C=O) groups is 1. The molecule has 4 aromatic carbocycles. The van der Waals surface area contributed by atoms with Gasteiger partial charge in [-0.25, -0.2) is 4.79 Å². The van der Waals surface area contributed by atoms with E-state index >= 15 is 0 Å². The number of benzene rings is 4. The van der Waals surface area contributed by atoms with Crippen LogP contribution in [0, 0.1) is 0 Å². The molecule has 0 unspecified atom stereocenters. The molecule has 36 heavy (non-hydrogen) atoms. The molecule has 0 spiro atoms. The Kier molecular flexibility index (Phi) is 4.71. The van der Waals surface area contributed by atoms with Crippen LogP contribution in [0.15, 0.2) is 121 Å². The fourth-order valence-electron chi connectivity index (χ4n) is 6.21. The van der Waals surface area contributed by atoms with Crippen LogP contribution in [0.4, 0.5) is 17.1 Å². The number of fused-ring (bicyclic) bond motifs is 3. The lowest BCUT2D eigenvalue weighted by Crippen LogP contribution is -2.38. The molecule has 0 saturated heterocycles. The first-order valence-electron chi connectivity index (χ1n) is 12.5. The second-order valence-electron chi connectivity index (χ2n) is 9.56. The minimum Gasteiger partial charge on any atom is -0.457 e. The summed E-state index contributed by atoms with van der Waals surface area (Å²) in [6.07, 6.45) is 8.79. The van der Waals surface area contributed by atoms with Gasteiger partial charge in [-0.3, -0.25) is 0 Å². The van der Waals surface area contributed by atoms with Crippen LogP contribution in [0.1, 0.15) is 45.5 Å². The van der Waals surface area contributed by atoms with Crippen molar-refractivity contribution in [2.24, 2.45) is 0 Å². The van der Waals surface area contributed by atoms with E-state index in [1.165, 1.54) is 22.3 Å². The van der Waals surface area contributed by atoms with E-state index in [-0.39, 0.29) is 5.97 Å². The summed E-state index contributed by atoms with van der Waals surface area (Å²) >= 11 is 0. The zero-order valence-electron chi connectivity index (χ0n) is 19.9. The molecule has 7 rings (SSSR count). The summed E-state index contributed by atoms with van der Waals surface area (Å²) in [4.78, 5) is 14.7. The van der Waals surface area contributed by atoms with Crippen molar-refractivity contribution in [3.63, 3.8) is 0 Å². The standard InChI is InChI=1S/C33H25NO2/c35-32-27-21-26(20-19-23(27)22-36-32)34-30-17-9-7-15-28(30)33(24-11-3-1-4-12-24,25-13-5-2-6-14-25)29-16-8-10-18-31(29)34/h1-5,7-13,15-21H,6,14,22H2. The molecule has 1 aliphatic carbocycles. The first kappa shape index (κ1) is 21.0. The largest absolute Gasteiger partial charge is 0.457 e. The number of anilines is 3. The number of hydrogen-bond donors (Lipinski definition) is 0. The molecule has 0 fully saturated rings. The minimum atomic E-state index is -0.411. The summed E-state index contributed by atoms with van der Waals surface area (Å²) in [5, 5.41) is 0. The predicted molar refractivity (Wildman–Crippen MR) is 143 cm³/mol. The van der Waals surface area contributed by atoms with Crippen LogP contribution in [0.3, 0.4) is 0 Å². The Hall–Kier alpha value is -4.37. The lowest BCUT2D eigenvalue weighted by Gasteiger charge is -2.47. The van der Waals surface area contributed by atoms with E-state index in [1.807, 2.05) is 12.1 Å². The summed E-state index contributed by atoms with van der Waals surface area (Å²) in [5.74, 6) is -0.247. The molecule has 4 aromatic rings. The molecule has 0 aromatic heterocycles. The van der Waals surface area contributed by atoms with Crippen molar-refractivity contribution in [2.75, 3.05) is 4.90 Å². The Morgan fingerprint density at radius 3 is 2.17 bits per heavy atom. The van der Waals surface area contributed by atoms with Gasteiger partial charge in [0.15, 0.2) is 0 Å². The summed E-state index contributed by atoms with van der Waals surface area (Å²) in [7, 11) is 0. The van der Waals surface area contributed by atoms with Gasteiger partial charge in [0, 0.05) is 11.3 Å². The number of hydrogen-bond acceptors (Lipinski definition) is 3. The molecule has 3 aliphatic rings. The van der Waals surface area contributed by atoms with Crippen molar-refractivity contribution in [3.8, 4) is 0 Å². The highest BCUT2D eigenvalue weighted by atomic mass is 16.5. The van der Waals surface area contributed by atoms with E-state index in [1.54, 1.807) is 0 Å². The molecule has 0 N–H and O–H groups in total. The summed E-state index contributed by atoms with van der Waals surface area (Å²) < 4.78 is 5.30. The van der Waals surface area contributed by atoms with Gasteiger partial charge in [0.1, 0.15) is 6.61 Å². The number of para-hydroxylation sites is 2. The van der Waals surface area contributed by atoms with Crippen LogP contribution < -0.4 is 4.90 Å². The molecule has 0 saturated carbocycles. The normalized spacial score (nSPS) is 17.1. The maximum atomic E-state index is 12.4. The molecule has 0 bridgehead atoms. The second-order valence-corrected chi connectivity index (χ2v) is 9.56. The summed E-state index contributed by atoms with van der Waals surface area (Å²) in [6, 6.07) is 34.4. The topological polar surface area (TPSA) is 29.5 Å². The van der Waals surface area contributed by atoms with Gasteiger partial charge in [0.2, 0.25) is 0 Å². The highest BCUT2D eigenvalue weighted by Gasteiger charge is 2.47. The zero-order chi connectivity index (χ0) is 24.1. The Morgan fingerprint density at radius 2 is 1.47 bits per heavy atom. The van der Waals surface area contributed by atoms with Crippen molar-refractivity contribution in [1.82, 2.24) is 0 Å². The molecule has 0 atom stereocenters. The maximum absolute atomic E-state index is 12.4. The number of ether oxygens (including phenoxy) is 1. The molecule has 174 valence electrons. The van der Waals surface area contributed by atoms with Crippen molar-refractivity contribution < 1.29 is 9.53 Å². The molecular formula is C33H25NO2. The Morgan fingerprint density at radius 1 is 0.778 bits per heavy atom. The number of cyclic esters (lactones) is 1. The average molecular weight is 468 g/mol. The molecular weight excluding hydrogens is 442 g/mol. The third kappa shape index (κ3) is 2.89. The third-order valence-corrected chi connectivity index (χ3v) is 7.73. The Balaban J connectivity index is 1.57. The molecule has 2 aliphatic heterocycles. The Bertz CT molecular complexity index is 1520. The van der Waals surface area contributed by atoms with Crippen LogP contribution >= 0.6 is 0 Å². The van der Waals surface area contributed by atoms with Crippen molar-refractivity contribution in [3.05, 3.63) is 149 Å². The maximum Gasteiger partial charge on any atom is 0.338 e. The van der Waals surface area contributed by atoms with E-state index in [9.17, 15) is 4.79 Å². The van der Waals surface area contributed by atoms with Crippen LogP contribution in [0.2, 0.25) is 0 Å². The predicted octanol–water partition coefficient (Wildman–Crippen LogP) is 7.75. The summed E-state index contributed by atoms with van der Waals surface area (Å²) in [6.45, 7) is 0.348. The molecule has 3 nitrogen and oxygen atoms in total. The monoisotopic (exact) mass is 467 g/mol. The fraction of sp³-hybridized carbons (Fsp3) is 0.121. The average Bonchev–Trinajstić information content (AvgIpc) is 3.32. The van der Waals surface area contributed by atoms with E-state index in [4.69, 9.17) is 4.74 Å². The van der Waals surface area contributed by atoms with E-state index in [0.29, 0.717) is 12.2 Å². The lowest BCUT2D eigenvalue weighted by molar-refractivity contribution is 0.0535. The fourth-order valence-corrected chi connectivity index (χ4v) is 6.21. The highest BCUT2D eigenvalue weighted by Crippen LogP contribution is 2.58. The van der Waals surface area contributed by atoms with Gasteiger partial charge in [-0.2, -0.15) is 0 Å². The number of carbonyl (C=O) groups excluding carboxylic acids is 1. The SMILES string of the molecule is O=C1OCc2ccc(N3c4ccccc4C(C4=CC=CCC4)(c4ccccc4)c4ccccc43)cc21. The zero-order valence-corrected chi connectivity index (χ0v) is 19.9. The minimum absolute atomic E-state index is 0.247. The third-order valence-electron chi connectivity index (χ3n) is 7.73. The number of rotatable bonds is 3. The highest BCUT2D eigenvalue weighted by molar-refractivity contribution is 5.96. The van der Waals surface area contributed by atoms with Crippen LogP contribution in [0.5, 0.6) is 0 Å². The smallest absolute Gasteiger partial charge is 0.338 e. The lowest BCUT2D eigenvalue weighted by atomic mass is 9.60. The molecule has 2 heterocycles. The van der Waals surface area contributed by atoms with Gasteiger partial charge in [-0.1, -0.05) is 96.6 Å².